The molecule has 0 atom stereocenters. The van der Waals surface area contributed by atoms with Gasteiger partial charge in [-0.1, -0.05) is 30.0 Å². The molecule has 0 fully saturated rings. The molecular weight excluding hydrogens is 420 g/mol. The normalized spacial score (nSPS) is 13.5. The third-order valence-electron chi connectivity index (χ3n) is 4.57. The zero-order valence-electron chi connectivity index (χ0n) is 16.3. The molecule has 0 aliphatic carbocycles. The lowest BCUT2D eigenvalue weighted by atomic mass is 10.0. The van der Waals surface area contributed by atoms with Gasteiger partial charge in [-0.15, -0.1) is 16.4 Å². The van der Waals surface area contributed by atoms with Gasteiger partial charge >= 0.3 is 0 Å². The first-order valence-corrected chi connectivity index (χ1v) is 11.2. The Bertz CT molecular complexity index is 1070. The van der Waals surface area contributed by atoms with Gasteiger partial charge in [-0.05, 0) is 31.2 Å². The molecule has 2 N–H and O–H groups in total. The van der Waals surface area contributed by atoms with Crippen LogP contribution in [0.2, 0.25) is 0 Å². The van der Waals surface area contributed by atoms with Gasteiger partial charge in [-0.3, -0.25) is 9.89 Å². The highest BCUT2D eigenvalue weighted by Gasteiger charge is 2.23. The maximum atomic E-state index is 12.4. The molecule has 3 heterocycles. The molecule has 0 radical (unpaired) electrons. The molecule has 154 valence electrons. The first-order valence-electron chi connectivity index (χ1n) is 9.37. The number of nitriles is 1. The van der Waals surface area contributed by atoms with Crippen molar-refractivity contribution in [2.45, 2.75) is 24.7 Å². The number of hydrogen-bond acceptors (Lipinski definition) is 8. The zero-order chi connectivity index (χ0) is 20.9. The van der Waals surface area contributed by atoms with Crippen molar-refractivity contribution in [3.63, 3.8) is 0 Å². The van der Waals surface area contributed by atoms with Crippen LogP contribution in [0.3, 0.4) is 0 Å². The van der Waals surface area contributed by atoms with Gasteiger partial charge in [-0.25, -0.2) is 4.98 Å². The monoisotopic (exact) mass is 440 g/mol. The molecule has 4 rings (SSSR count). The van der Waals surface area contributed by atoms with E-state index in [0.717, 1.165) is 35.7 Å². The van der Waals surface area contributed by atoms with Crippen LogP contribution >= 0.6 is 23.1 Å². The van der Waals surface area contributed by atoms with Crippen molar-refractivity contribution in [2.75, 3.05) is 24.7 Å². The molecule has 10 heteroatoms. The predicted molar refractivity (Wildman–Crippen MR) is 116 cm³/mol. The Labute approximate surface area is 182 Å². The Morgan fingerprint density at radius 2 is 2.27 bits per heavy atom. The van der Waals surface area contributed by atoms with E-state index in [9.17, 15) is 10.1 Å². The van der Waals surface area contributed by atoms with Crippen LogP contribution in [0.15, 0.2) is 35.5 Å². The number of thioether (sulfide) groups is 1. The number of benzene rings is 1. The van der Waals surface area contributed by atoms with E-state index < -0.39 is 0 Å². The number of fused-ring (bicyclic) bond motifs is 1. The summed E-state index contributed by atoms with van der Waals surface area (Å²) in [6.45, 7) is 2.00. The van der Waals surface area contributed by atoms with Crippen molar-refractivity contribution in [1.82, 2.24) is 20.1 Å². The number of carbonyl (C=O) groups excluding carboxylic acids is 1. The van der Waals surface area contributed by atoms with Crippen molar-refractivity contribution in [2.24, 2.45) is 0 Å². The molecule has 30 heavy (non-hydrogen) atoms. The fraction of sp³-hybridized carbons (Fsp3) is 0.300. The summed E-state index contributed by atoms with van der Waals surface area (Å²) in [5.74, 6) is 1.31. The number of para-hydroxylation sites is 1. The quantitative estimate of drug-likeness (QED) is 0.544. The maximum Gasteiger partial charge on any atom is 0.235 e. The van der Waals surface area contributed by atoms with Crippen LogP contribution in [0.25, 0.3) is 0 Å². The standard InChI is InChI=1S/C20H20N6O2S2/c1-26-8-7-14-15(9-21)19(30-16(14)10-26)23-18(27)12-29-20-22-17(24-25-20)11-28-13-5-3-2-4-6-13/h2-6H,7-8,10-12H2,1H3,(H,23,27)(H,22,24,25). The smallest absolute Gasteiger partial charge is 0.235 e. The number of likely N-dealkylation sites (N-methyl/N-ethyl adjacent to an activating group) is 1. The van der Waals surface area contributed by atoms with Gasteiger partial charge in [0.2, 0.25) is 11.1 Å². The maximum absolute atomic E-state index is 12.4. The Morgan fingerprint density at radius 1 is 1.43 bits per heavy atom. The van der Waals surface area contributed by atoms with E-state index in [0.29, 0.717) is 21.5 Å². The zero-order valence-corrected chi connectivity index (χ0v) is 18.0. The highest BCUT2D eigenvalue weighted by atomic mass is 32.2. The summed E-state index contributed by atoms with van der Waals surface area (Å²) < 4.78 is 5.63. The van der Waals surface area contributed by atoms with E-state index >= 15 is 0 Å². The molecule has 1 aliphatic heterocycles. The second kappa shape index (κ2) is 9.30. The third kappa shape index (κ3) is 4.81. The number of ether oxygens (including phenoxy) is 1. The van der Waals surface area contributed by atoms with Gasteiger partial charge in [0.1, 0.15) is 23.4 Å². The number of nitrogens with one attached hydrogen (secondary N) is 2. The van der Waals surface area contributed by atoms with E-state index in [4.69, 9.17) is 4.74 Å². The number of aromatic amines is 1. The van der Waals surface area contributed by atoms with E-state index in [2.05, 4.69) is 38.5 Å². The minimum Gasteiger partial charge on any atom is -0.486 e. The van der Waals surface area contributed by atoms with Crippen LogP contribution in [-0.4, -0.2) is 45.3 Å². The summed E-state index contributed by atoms with van der Waals surface area (Å²) in [5, 5.41) is 20.5. The summed E-state index contributed by atoms with van der Waals surface area (Å²) in [4.78, 5) is 20.1. The number of anilines is 1. The van der Waals surface area contributed by atoms with Gasteiger partial charge in [0, 0.05) is 18.0 Å². The lowest BCUT2D eigenvalue weighted by Gasteiger charge is -2.21. The summed E-state index contributed by atoms with van der Waals surface area (Å²) >= 11 is 2.72. The van der Waals surface area contributed by atoms with Gasteiger partial charge in [0.15, 0.2) is 5.82 Å². The van der Waals surface area contributed by atoms with Crippen LogP contribution in [0, 0.1) is 11.3 Å². The van der Waals surface area contributed by atoms with Crippen LogP contribution < -0.4 is 10.1 Å². The molecule has 3 aromatic rings. The number of nitrogens with zero attached hydrogens (tertiary/aromatic N) is 4. The van der Waals surface area contributed by atoms with Crippen molar-refractivity contribution in [1.29, 1.82) is 5.26 Å². The first-order chi connectivity index (χ1) is 14.6. The summed E-state index contributed by atoms with van der Waals surface area (Å²) in [6.07, 6.45) is 0.834. The van der Waals surface area contributed by atoms with Crippen LogP contribution in [0.5, 0.6) is 5.75 Å². The molecule has 0 bridgehead atoms. The number of thiophene rings is 1. The van der Waals surface area contributed by atoms with Crippen molar-refractivity contribution in [3.05, 3.63) is 52.2 Å². The minimum absolute atomic E-state index is 0.157. The molecule has 8 nitrogen and oxygen atoms in total. The Morgan fingerprint density at radius 3 is 3.07 bits per heavy atom. The number of H-pyrrole nitrogens is 1. The second-order valence-electron chi connectivity index (χ2n) is 6.81. The Kier molecular flexibility index (Phi) is 6.32. The van der Waals surface area contributed by atoms with Gasteiger partial charge in [0.25, 0.3) is 0 Å². The lowest BCUT2D eigenvalue weighted by molar-refractivity contribution is -0.113. The van der Waals surface area contributed by atoms with E-state index in [1.807, 2.05) is 30.3 Å². The van der Waals surface area contributed by atoms with Crippen LogP contribution in [0.1, 0.15) is 21.8 Å². The van der Waals surface area contributed by atoms with Crippen LogP contribution in [0.4, 0.5) is 5.00 Å². The second-order valence-corrected chi connectivity index (χ2v) is 8.86. The topological polar surface area (TPSA) is 107 Å². The van der Waals surface area contributed by atoms with Crippen LogP contribution in [-0.2, 0) is 24.4 Å². The van der Waals surface area contributed by atoms with Crippen molar-refractivity contribution in [3.8, 4) is 11.8 Å². The molecule has 1 aliphatic rings. The SMILES string of the molecule is CN1CCc2c(sc(NC(=O)CSc3n[nH]c(COc4ccccc4)n3)c2C#N)C1. The molecule has 0 saturated carbocycles. The number of rotatable bonds is 7. The summed E-state index contributed by atoms with van der Waals surface area (Å²) in [5.41, 5.74) is 1.67. The Balaban J connectivity index is 1.30. The van der Waals surface area contributed by atoms with Gasteiger partial charge < -0.3 is 15.0 Å². The van der Waals surface area contributed by atoms with Crippen molar-refractivity contribution < 1.29 is 9.53 Å². The first kappa shape index (κ1) is 20.4. The fourth-order valence-corrected chi connectivity index (χ4v) is 5.02. The average Bonchev–Trinajstić information content (AvgIpc) is 3.34. The molecule has 1 amide bonds. The third-order valence-corrected chi connectivity index (χ3v) is 6.55. The molecule has 0 unspecified atom stereocenters. The largest absolute Gasteiger partial charge is 0.486 e. The fourth-order valence-electron chi connectivity index (χ4n) is 3.11. The molecule has 0 saturated heterocycles. The van der Waals surface area contributed by atoms with Crippen molar-refractivity contribution >= 4 is 34.0 Å². The van der Waals surface area contributed by atoms with E-state index in [1.54, 1.807) is 0 Å². The summed E-state index contributed by atoms with van der Waals surface area (Å²) in [7, 11) is 2.06. The highest BCUT2D eigenvalue weighted by Crippen LogP contribution is 2.36. The van der Waals surface area contributed by atoms with E-state index in [1.165, 1.54) is 23.1 Å². The number of amides is 1. The number of carbonyl (C=O) groups is 1. The minimum atomic E-state index is -0.185. The van der Waals surface area contributed by atoms with E-state index in [-0.39, 0.29) is 18.3 Å². The molecule has 1 aromatic carbocycles. The highest BCUT2D eigenvalue weighted by molar-refractivity contribution is 7.99. The van der Waals surface area contributed by atoms with Gasteiger partial charge in [-0.2, -0.15) is 5.26 Å². The van der Waals surface area contributed by atoms with Gasteiger partial charge in [0.05, 0.1) is 11.3 Å². The number of aromatic nitrogens is 3. The lowest BCUT2D eigenvalue weighted by Crippen LogP contribution is -2.25. The average molecular weight is 441 g/mol. The predicted octanol–water partition coefficient (Wildman–Crippen LogP) is 3.04. The Hall–Kier alpha value is -2.87. The summed E-state index contributed by atoms with van der Waals surface area (Å²) in [6, 6.07) is 11.7. The molecular formula is C20H20N6O2S2. The number of hydrogen-bond donors (Lipinski definition) is 2. The molecule has 2 aromatic heterocycles. The molecule has 0 spiro atoms.